The third-order valence-electron chi connectivity index (χ3n) is 2.69. The van der Waals surface area contributed by atoms with Crippen molar-refractivity contribution in [3.8, 4) is 6.07 Å². The Hall–Kier alpha value is -1.24. The third-order valence-corrected chi connectivity index (χ3v) is 2.69. The van der Waals surface area contributed by atoms with E-state index >= 15 is 0 Å². The van der Waals surface area contributed by atoms with Gasteiger partial charge in [-0.15, -0.1) is 0 Å². The Labute approximate surface area is 97.2 Å². The van der Waals surface area contributed by atoms with E-state index < -0.39 is 5.60 Å². The number of carbonyl (C=O) groups is 1. The second-order valence-corrected chi connectivity index (χ2v) is 5.37. The molecule has 4 heteroatoms. The molecule has 0 N–H and O–H groups in total. The number of likely N-dealkylation sites (tertiary alicyclic amines) is 1. The van der Waals surface area contributed by atoms with Crippen LogP contribution in [0.15, 0.2) is 0 Å². The summed E-state index contributed by atoms with van der Waals surface area (Å²) in [4.78, 5) is 13.6. The van der Waals surface area contributed by atoms with Gasteiger partial charge in [0.25, 0.3) is 0 Å². The van der Waals surface area contributed by atoms with Crippen molar-refractivity contribution in [3.63, 3.8) is 0 Å². The number of carbonyl (C=O) groups excluding carboxylic acids is 1. The predicted octanol–water partition coefficient (Wildman–Crippen LogP) is 2.55. The summed E-state index contributed by atoms with van der Waals surface area (Å²) < 4.78 is 5.32. The zero-order valence-corrected chi connectivity index (χ0v) is 10.5. The van der Waals surface area contributed by atoms with Crippen LogP contribution >= 0.6 is 0 Å². The van der Waals surface area contributed by atoms with Crippen LogP contribution < -0.4 is 0 Å². The van der Waals surface area contributed by atoms with E-state index in [9.17, 15) is 4.79 Å². The molecule has 1 rings (SSSR count). The van der Waals surface area contributed by atoms with E-state index in [0.29, 0.717) is 6.54 Å². The maximum absolute atomic E-state index is 11.8. The van der Waals surface area contributed by atoms with Crippen molar-refractivity contribution >= 4 is 6.09 Å². The van der Waals surface area contributed by atoms with Crippen molar-refractivity contribution in [2.75, 3.05) is 6.54 Å². The minimum Gasteiger partial charge on any atom is -0.444 e. The molecule has 0 aliphatic carbocycles. The molecular formula is C12H20N2O2. The summed E-state index contributed by atoms with van der Waals surface area (Å²) in [5, 5.41) is 8.84. The minimum atomic E-state index is -0.455. The molecule has 2 atom stereocenters. The molecule has 0 aromatic carbocycles. The number of piperidine rings is 1. The van der Waals surface area contributed by atoms with Gasteiger partial charge in [-0.25, -0.2) is 4.79 Å². The Morgan fingerprint density at radius 3 is 2.56 bits per heavy atom. The zero-order chi connectivity index (χ0) is 12.3. The van der Waals surface area contributed by atoms with E-state index in [1.165, 1.54) is 0 Å². The first-order chi connectivity index (χ1) is 7.33. The maximum atomic E-state index is 11.8. The van der Waals surface area contributed by atoms with Crippen molar-refractivity contribution < 1.29 is 9.53 Å². The van der Waals surface area contributed by atoms with Crippen LogP contribution in [-0.2, 0) is 4.74 Å². The van der Waals surface area contributed by atoms with E-state index in [4.69, 9.17) is 10.00 Å². The molecular weight excluding hydrogens is 204 g/mol. The first kappa shape index (κ1) is 12.8. The van der Waals surface area contributed by atoms with Gasteiger partial charge < -0.3 is 9.64 Å². The molecule has 0 unspecified atom stereocenters. The summed E-state index contributed by atoms with van der Waals surface area (Å²) in [5.41, 5.74) is -0.455. The van der Waals surface area contributed by atoms with Gasteiger partial charge >= 0.3 is 6.09 Å². The summed E-state index contributed by atoms with van der Waals surface area (Å²) in [6.07, 6.45) is 1.23. The van der Waals surface area contributed by atoms with Crippen molar-refractivity contribution in [1.82, 2.24) is 4.90 Å². The summed E-state index contributed by atoms with van der Waals surface area (Å²) in [6.45, 7) is 8.16. The monoisotopic (exact) mass is 224 g/mol. The number of amides is 1. The highest BCUT2D eigenvalue weighted by Crippen LogP contribution is 2.23. The van der Waals surface area contributed by atoms with E-state index in [1.807, 2.05) is 27.7 Å². The van der Waals surface area contributed by atoms with Crippen LogP contribution in [0.25, 0.3) is 0 Å². The molecule has 1 saturated heterocycles. The lowest BCUT2D eigenvalue weighted by Gasteiger charge is -2.36. The maximum Gasteiger partial charge on any atom is 0.410 e. The Bertz CT molecular complexity index is 301. The van der Waals surface area contributed by atoms with Gasteiger partial charge in [-0.1, -0.05) is 0 Å². The van der Waals surface area contributed by atoms with E-state index in [2.05, 4.69) is 6.07 Å². The average molecular weight is 224 g/mol. The average Bonchev–Trinajstić information content (AvgIpc) is 2.14. The molecule has 0 radical (unpaired) electrons. The van der Waals surface area contributed by atoms with Gasteiger partial charge in [0.2, 0.25) is 0 Å². The summed E-state index contributed by atoms with van der Waals surface area (Å²) in [6, 6.07) is 2.35. The van der Waals surface area contributed by atoms with Crippen molar-refractivity contribution in [3.05, 3.63) is 0 Å². The molecule has 0 aromatic rings. The van der Waals surface area contributed by atoms with Crippen LogP contribution in [-0.4, -0.2) is 29.2 Å². The Balaban J connectivity index is 2.56. The fourth-order valence-electron chi connectivity index (χ4n) is 1.88. The van der Waals surface area contributed by atoms with E-state index in [0.717, 1.165) is 12.8 Å². The molecule has 0 bridgehead atoms. The normalized spacial score (nSPS) is 26.1. The van der Waals surface area contributed by atoms with E-state index in [1.54, 1.807) is 4.90 Å². The predicted molar refractivity (Wildman–Crippen MR) is 60.7 cm³/mol. The van der Waals surface area contributed by atoms with Crippen LogP contribution in [0.3, 0.4) is 0 Å². The highest BCUT2D eigenvalue weighted by molar-refractivity contribution is 5.68. The molecule has 1 amide bonds. The summed E-state index contributed by atoms with van der Waals surface area (Å²) in [5.74, 6) is 0.0775. The van der Waals surface area contributed by atoms with E-state index in [-0.39, 0.29) is 18.1 Å². The van der Waals surface area contributed by atoms with Crippen LogP contribution in [0.1, 0.15) is 40.5 Å². The fraction of sp³-hybridized carbons (Fsp3) is 0.833. The molecule has 0 saturated carbocycles. The van der Waals surface area contributed by atoms with Gasteiger partial charge in [-0.3, -0.25) is 0 Å². The van der Waals surface area contributed by atoms with Crippen molar-refractivity contribution in [2.24, 2.45) is 5.92 Å². The van der Waals surface area contributed by atoms with Crippen LogP contribution in [0.4, 0.5) is 4.79 Å². The topological polar surface area (TPSA) is 53.3 Å². The highest BCUT2D eigenvalue weighted by atomic mass is 16.6. The first-order valence-electron chi connectivity index (χ1n) is 5.72. The Morgan fingerprint density at radius 1 is 1.50 bits per heavy atom. The van der Waals surface area contributed by atoms with Crippen molar-refractivity contribution in [1.29, 1.82) is 5.26 Å². The lowest BCUT2D eigenvalue weighted by molar-refractivity contribution is 0.00947. The number of hydrogen-bond donors (Lipinski definition) is 0. The van der Waals surface area contributed by atoms with Gasteiger partial charge in [0.1, 0.15) is 5.60 Å². The molecule has 16 heavy (non-hydrogen) atoms. The van der Waals surface area contributed by atoms with Gasteiger partial charge in [0.15, 0.2) is 0 Å². The zero-order valence-electron chi connectivity index (χ0n) is 10.5. The summed E-state index contributed by atoms with van der Waals surface area (Å²) in [7, 11) is 0. The van der Waals surface area contributed by atoms with Gasteiger partial charge in [-0.2, -0.15) is 5.26 Å². The molecule has 4 nitrogen and oxygen atoms in total. The number of ether oxygens (including phenoxy) is 1. The van der Waals surface area contributed by atoms with Gasteiger partial charge in [0, 0.05) is 18.5 Å². The number of nitrogens with zero attached hydrogens (tertiary/aromatic N) is 2. The number of rotatable bonds is 0. The number of hydrogen-bond acceptors (Lipinski definition) is 3. The van der Waals surface area contributed by atoms with Crippen molar-refractivity contribution in [2.45, 2.75) is 52.2 Å². The largest absolute Gasteiger partial charge is 0.444 e. The number of nitriles is 1. The van der Waals surface area contributed by atoms with Gasteiger partial charge in [0.05, 0.1) is 6.07 Å². The lowest BCUT2D eigenvalue weighted by Crippen LogP contribution is -2.46. The first-order valence-corrected chi connectivity index (χ1v) is 5.72. The molecule has 0 spiro atoms. The lowest BCUT2D eigenvalue weighted by atomic mass is 9.93. The second kappa shape index (κ2) is 4.73. The smallest absolute Gasteiger partial charge is 0.410 e. The summed E-state index contributed by atoms with van der Waals surface area (Å²) >= 11 is 0. The Morgan fingerprint density at radius 2 is 2.12 bits per heavy atom. The Kier molecular flexibility index (Phi) is 3.79. The van der Waals surface area contributed by atoms with Crippen LogP contribution in [0, 0.1) is 17.2 Å². The molecule has 1 fully saturated rings. The molecule has 1 heterocycles. The SMILES string of the molecule is C[C@@H]1C[C@@H](C#N)CCN1C(=O)OC(C)(C)C. The molecule has 1 aliphatic heterocycles. The van der Waals surface area contributed by atoms with Gasteiger partial charge in [-0.05, 0) is 40.5 Å². The molecule has 1 aliphatic rings. The van der Waals surface area contributed by atoms with Crippen LogP contribution in [0.2, 0.25) is 0 Å². The highest BCUT2D eigenvalue weighted by Gasteiger charge is 2.31. The molecule has 90 valence electrons. The standard InChI is InChI=1S/C12H20N2O2/c1-9-7-10(8-13)5-6-14(9)11(15)16-12(2,3)4/h9-10H,5-7H2,1-4H3/t9-,10+/m1/s1. The third kappa shape index (κ3) is 3.41. The second-order valence-electron chi connectivity index (χ2n) is 5.37. The van der Waals surface area contributed by atoms with Crippen LogP contribution in [0.5, 0.6) is 0 Å². The minimum absolute atomic E-state index is 0.0775. The quantitative estimate of drug-likeness (QED) is 0.635. The fourth-order valence-corrected chi connectivity index (χ4v) is 1.88. The molecule has 0 aromatic heterocycles.